The standard InChI is InChI=1S/C23H25NO5/c25-21(24-14-6-1-2-7-15-24)16-29-22(26)17-28-20-12-10-19(11-13-20)23(27)18-8-4-3-5-9-18/h3-5,8-13H,1-2,6-7,14-17H2. The van der Waals surface area contributed by atoms with Crippen LogP contribution in [0.5, 0.6) is 5.75 Å². The van der Waals surface area contributed by atoms with Gasteiger partial charge in [-0.15, -0.1) is 0 Å². The largest absolute Gasteiger partial charge is 0.482 e. The van der Waals surface area contributed by atoms with Gasteiger partial charge in [0, 0.05) is 24.2 Å². The fourth-order valence-corrected chi connectivity index (χ4v) is 3.20. The highest BCUT2D eigenvalue weighted by Gasteiger charge is 2.17. The molecule has 1 saturated heterocycles. The summed E-state index contributed by atoms with van der Waals surface area (Å²) in [6.07, 6.45) is 4.25. The summed E-state index contributed by atoms with van der Waals surface area (Å²) >= 11 is 0. The lowest BCUT2D eigenvalue weighted by molar-refractivity contribution is -0.153. The normalized spacial score (nSPS) is 14.0. The summed E-state index contributed by atoms with van der Waals surface area (Å²) in [5.74, 6) is -0.393. The van der Waals surface area contributed by atoms with E-state index in [1.54, 1.807) is 41.3 Å². The van der Waals surface area contributed by atoms with Crippen molar-refractivity contribution < 1.29 is 23.9 Å². The van der Waals surface area contributed by atoms with Gasteiger partial charge < -0.3 is 14.4 Å². The first-order valence-electron chi connectivity index (χ1n) is 9.89. The van der Waals surface area contributed by atoms with E-state index in [-0.39, 0.29) is 24.9 Å². The lowest BCUT2D eigenvalue weighted by Crippen LogP contribution is -2.35. The second kappa shape index (κ2) is 10.4. The van der Waals surface area contributed by atoms with Crippen molar-refractivity contribution in [3.63, 3.8) is 0 Å². The summed E-state index contributed by atoms with van der Waals surface area (Å²) in [5, 5.41) is 0. The molecule has 0 atom stereocenters. The first-order chi connectivity index (χ1) is 14.1. The average Bonchev–Trinajstić information content (AvgIpc) is 3.06. The van der Waals surface area contributed by atoms with E-state index >= 15 is 0 Å². The van der Waals surface area contributed by atoms with Crippen molar-refractivity contribution in [3.8, 4) is 5.75 Å². The predicted octanol–water partition coefficient (Wildman–Crippen LogP) is 3.24. The Hall–Kier alpha value is -3.15. The molecule has 1 fully saturated rings. The summed E-state index contributed by atoms with van der Waals surface area (Å²) in [7, 11) is 0. The highest BCUT2D eigenvalue weighted by Crippen LogP contribution is 2.15. The number of amides is 1. The Morgan fingerprint density at radius 1 is 0.759 bits per heavy atom. The van der Waals surface area contributed by atoms with Crippen LogP contribution in [0.1, 0.15) is 41.6 Å². The van der Waals surface area contributed by atoms with Crippen molar-refractivity contribution in [2.75, 3.05) is 26.3 Å². The summed E-state index contributed by atoms with van der Waals surface area (Å²) < 4.78 is 10.4. The van der Waals surface area contributed by atoms with Crippen LogP contribution < -0.4 is 4.74 Å². The smallest absolute Gasteiger partial charge is 0.344 e. The zero-order valence-corrected chi connectivity index (χ0v) is 16.3. The molecule has 0 radical (unpaired) electrons. The maximum Gasteiger partial charge on any atom is 0.344 e. The highest BCUT2D eigenvalue weighted by molar-refractivity contribution is 6.08. The molecule has 0 bridgehead atoms. The van der Waals surface area contributed by atoms with E-state index in [0.717, 1.165) is 38.8 Å². The van der Waals surface area contributed by atoms with Crippen molar-refractivity contribution in [3.05, 3.63) is 65.7 Å². The number of carbonyl (C=O) groups excluding carboxylic acids is 3. The molecule has 29 heavy (non-hydrogen) atoms. The van der Waals surface area contributed by atoms with E-state index < -0.39 is 5.97 Å². The lowest BCUT2D eigenvalue weighted by Gasteiger charge is -2.19. The Morgan fingerprint density at radius 2 is 1.38 bits per heavy atom. The minimum Gasteiger partial charge on any atom is -0.482 e. The van der Waals surface area contributed by atoms with Gasteiger partial charge in [0.15, 0.2) is 19.0 Å². The van der Waals surface area contributed by atoms with Crippen LogP contribution in [-0.4, -0.2) is 48.9 Å². The van der Waals surface area contributed by atoms with E-state index in [4.69, 9.17) is 9.47 Å². The van der Waals surface area contributed by atoms with Crippen molar-refractivity contribution in [2.24, 2.45) is 0 Å². The van der Waals surface area contributed by atoms with Gasteiger partial charge in [0.1, 0.15) is 5.75 Å². The molecule has 0 aliphatic carbocycles. The zero-order valence-electron chi connectivity index (χ0n) is 16.3. The molecule has 0 N–H and O–H groups in total. The van der Waals surface area contributed by atoms with Crippen molar-refractivity contribution in [1.82, 2.24) is 4.90 Å². The molecule has 0 unspecified atom stereocenters. The van der Waals surface area contributed by atoms with Crippen LogP contribution in [0.2, 0.25) is 0 Å². The fraction of sp³-hybridized carbons (Fsp3) is 0.348. The van der Waals surface area contributed by atoms with Crippen molar-refractivity contribution in [2.45, 2.75) is 25.7 Å². The van der Waals surface area contributed by atoms with Crippen LogP contribution in [0.4, 0.5) is 0 Å². The van der Waals surface area contributed by atoms with Gasteiger partial charge in [0.05, 0.1) is 0 Å². The fourth-order valence-electron chi connectivity index (χ4n) is 3.20. The van der Waals surface area contributed by atoms with Crippen LogP contribution in [0.15, 0.2) is 54.6 Å². The number of carbonyl (C=O) groups is 3. The molecule has 6 heteroatoms. The molecule has 6 nitrogen and oxygen atoms in total. The number of benzene rings is 2. The Kier molecular flexibility index (Phi) is 7.39. The molecule has 0 aromatic heterocycles. The molecule has 0 spiro atoms. The summed E-state index contributed by atoms with van der Waals surface area (Å²) in [5.41, 5.74) is 1.15. The van der Waals surface area contributed by atoms with E-state index in [0.29, 0.717) is 16.9 Å². The van der Waals surface area contributed by atoms with Gasteiger partial charge in [0.2, 0.25) is 0 Å². The summed E-state index contributed by atoms with van der Waals surface area (Å²) in [4.78, 5) is 38.1. The highest BCUT2D eigenvalue weighted by atomic mass is 16.6. The van der Waals surface area contributed by atoms with E-state index in [2.05, 4.69) is 0 Å². The Balaban J connectivity index is 1.43. The quantitative estimate of drug-likeness (QED) is 0.532. The van der Waals surface area contributed by atoms with Crippen LogP contribution in [0.3, 0.4) is 0 Å². The third-order valence-electron chi connectivity index (χ3n) is 4.82. The van der Waals surface area contributed by atoms with Gasteiger partial charge >= 0.3 is 5.97 Å². The number of ether oxygens (including phenoxy) is 2. The zero-order chi connectivity index (χ0) is 20.5. The topological polar surface area (TPSA) is 72.9 Å². The monoisotopic (exact) mass is 395 g/mol. The third-order valence-corrected chi connectivity index (χ3v) is 4.82. The van der Waals surface area contributed by atoms with E-state index in [1.807, 2.05) is 18.2 Å². The lowest BCUT2D eigenvalue weighted by atomic mass is 10.0. The van der Waals surface area contributed by atoms with Crippen molar-refractivity contribution in [1.29, 1.82) is 0 Å². The third kappa shape index (κ3) is 6.17. The number of ketones is 1. The minimum absolute atomic E-state index is 0.0800. The number of hydrogen-bond donors (Lipinski definition) is 0. The summed E-state index contributed by atoms with van der Waals surface area (Å²) in [6.45, 7) is 0.897. The Labute approximate surface area is 170 Å². The molecule has 2 aromatic rings. The maximum atomic E-state index is 12.4. The molecular formula is C23H25NO5. The molecule has 152 valence electrons. The van der Waals surface area contributed by atoms with Crippen LogP contribution in [0, 0.1) is 0 Å². The van der Waals surface area contributed by atoms with Gasteiger partial charge in [0.25, 0.3) is 5.91 Å². The molecule has 2 aromatic carbocycles. The maximum absolute atomic E-state index is 12.4. The number of esters is 1. The van der Waals surface area contributed by atoms with Gasteiger partial charge in [-0.05, 0) is 37.1 Å². The number of likely N-dealkylation sites (tertiary alicyclic amines) is 1. The number of nitrogens with zero attached hydrogens (tertiary/aromatic N) is 1. The number of hydrogen-bond acceptors (Lipinski definition) is 5. The Bertz CT molecular complexity index is 824. The first kappa shape index (κ1) is 20.6. The van der Waals surface area contributed by atoms with Gasteiger partial charge in [-0.3, -0.25) is 9.59 Å². The molecule has 1 amide bonds. The summed E-state index contributed by atoms with van der Waals surface area (Å²) in [6, 6.07) is 15.6. The van der Waals surface area contributed by atoms with Gasteiger partial charge in [-0.2, -0.15) is 0 Å². The van der Waals surface area contributed by atoms with Crippen molar-refractivity contribution >= 4 is 17.7 Å². The second-order valence-corrected chi connectivity index (χ2v) is 6.96. The van der Waals surface area contributed by atoms with E-state index in [1.165, 1.54) is 0 Å². The molecule has 0 saturated carbocycles. The SMILES string of the molecule is O=C(COc1ccc(C(=O)c2ccccc2)cc1)OCC(=O)N1CCCCCC1. The predicted molar refractivity (Wildman–Crippen MR) is 108 cm³/mol. The van der Waals surface area contributed by atoms with Gasteiger partial charge in [-0.25, -0.2) is 4.79 Å². The molecule has 1 heterocycles. The Morgan fingerprint density at radius 3 is 2.03 bits per heavy atom. The average molecular weight is 395 g/mol. The van der Waals surface area contributed by atoms with Crippen LogP contribution >= 0.6 is 0 Å². The molecular weight excluding hydrogens is 370 g/mol. The van der Waals surface area contributed by atoms with E-state index in [9.17, 15) is 14.4 Å². The van der Waals surface area contributed by atoms with Gasteiger partial charge in [-0.1, -0.05) is 43.2 Å². The van der Waals surface area contributed by atoms with Crippen LogP contribution in [-0.2, 0) is 14.3 Å². The number of rotatable bonds is 7. The molecule has 1 aliphatic rings. The molecule has 3 rings (SSSR count). The molecule has 1 aliphatic heterocycles. The van der Waals surface area contributed by atoms with Crippen LogP contribution in [0.25, 0.3) is 0 Å². The first-order valence-corrected chi connectivity index (χ1v) is 9.89. The second-order valence-electron chi connectivity index (χ2n) is 6.96. The minimum atomic E-state index is -0.599.